The Morgan fingerprint density at radius 3 is 2.85 bits per heavy atom. The molecule has 20 heavy (non-hydrogen) atoms. The van der Waals surface area contributed by atoms with Crippen LogP contribution in [-0.2, 0) is 11.3 Å². The largest absolute Gasteiger partial charge is 0.389 e. The van der Waals surface area contributed by atoms with Crippen molar-refractivity contribution in [2.24, 2.45) is 0 Å². The van der Waals surface area contributed by atoms with E-state index in [0.717, 1.165) is 35.8 Å². The Kier molecular flexibility index (Phi) is 7.92. The van der Waals surface area contributed by atoms with E-state index in [2.05, 4.69) is 12.2 Å². The maximum atomic E-state index is 9.83. The van der Waals surface area contributed by atoms with Crippen molar-refractivity contribution in [2.75, 3.05) is 38.8 Å². The molecule has 0 radical (unpaired) electrons. The second-order valence-corrected chi connectivity index (χ2v) is 5.38. The molecular weight excluding hydrogens is 276 g/mol. The fourth-order valence-electron chi connectivity index (χ4n) is 2.13. The van der Waals surface area contributed by atoms with Crippen LogP contribution in [0.5, 0.6) is 0 Å². The molecule has 0 saturated carbocycles. The van der Waals surface area contributed by atoms with Crippen LogP contribution in [0.4, 0.5) is 5.69 Å². The van der Waals surface area contributed by atoms with Crippen molar-refractivity contribution < 1.29 is 9.84 Å². The predicted molar refractivity (Wildman–Crippen MR) is 84.6 cm³/mol. The van der Waals surface area contributed by atoms with Gasteiger partial charge in [-0.1, -0.05) is 18.5 Å². The smallest absolute Gasteiger partial charge is 0.0947 e. The number of halogens is 1. The third-order valence-corrected chi connectivity index (χ3v) is 3.27. The number of anilines is 1. The Bertz CT molecular complexity index is 401. The normalized spacial score (nSPS) is 12.4. The molecule has 1 unspecified atom stereocenters. The highest BCUT2D eigenvalue weighted by atomic mass is 35.5. The van der Waals surface area contributed by atoms with Gasteiger partial charge in [0, 0.05) is 38.0 Å². The lowest BCUT2D eigenvalue weighted by molar-refractivity contribution is 0.0695. The minimum atomic E-state index is -0.503. The monoisotopic (exact) mass is 300 g/mol. The van der Waals surface area contributed by atoms with Gasteiger partial charge in [-0.3, -0.25) is 0 Å². The first-order valence-electron chi connectivity index (χ1n) is 6.95. The zero-order chi connectivity index (χ0) is 15.0. The van der Waals surface area contributed by atoms with E-state index in [-0.39, 0.29) is 0 Å². The summed E-state index contributed by atoms with van der Waals surface area (Å²) in [4.78, 5) is 2.03. The van der Waals surface area contributed by atoms with Crippen LogP contribution >= 0.6 is 11.6 Å². The summed E-state index contributed by atoms with van der Waals surface area (Å²) >= 11 is 6.07. The summed E-state index contributed by atoms with van der Waals surface area (Å²) in [6, 6.07) is 5.84. The number of ether oxygens (including phenoxy) is 1. The number of rotatable bonds is 9. The van der Waals surface area contributed by atoms with Crippen molar-refractivity contribution in [3.8, 4) is 0 Å². The molecule has 0 bridgehead atoms. The van der Waals surface area contributed by atoms with Crippen molar-refractivity contribution in [3.63, 3.8) is 0 Å². The number of hydrogen-bond acceptors (Lipinski definition) is 4. The topological polar surface area (TPSA) is 44.7 Å². The molecule has 4 nitrogen and oxygen atoms in total. The van der Waals surface area contributed by atoms with Crippen LogP contribution in [0.25, 0.3) is 0 Å². The third kappa shape index (κ3) is 5.67. The first kappa shape index (κ1) is 17.2. The molecule has 2 N–H and O–H groups in total. The third-order valence-electron chi connectivity index (χ3n) is 3.04. The molecule has 0 spiro atoms. The highest BCUT2D eigenvalue weighted by Gasteiger charge is 2.12. The average Bonchev–Trinajstić information content (AvgIpc) is 2.39. The van der Waals surface area contributed by atoms with Gasteiger partial charge in [0.2, 0.25) is 0 Å². The molecule has 0 aliphatic heterocycles. The second kappa shape index (κ2) is 9.19. The van der Waals surface area contributed by atoms with Gasteiger partial charge in [-0.15, -0.1) is 0 Å². The second-order valence-electron chi connectivity index (χ2n) is 4.94. The highest BCUT2D eigenvalue weighted by molar-refractivity contribution is 6.30. The van der Waals surface area contributed by atoms with Gasteiger partial charge in [-0.25, -0.2) is 0 Å². The lowest BCUT2D eigenvalue weighted by Gasteiger charge is -2.25. The number of methoxy groups -OCH3 is 1. The van der Waals surface area contributed by atoms with E-state index in [1.165, 1.54) is 0 Å². The van der Waals surface area contributed by atoms with E-state index < -0.39 is 6.10 Å². The minimum absolute atomic E-state index is 0.335. The number of aliphatic hydroxyl groups excluding tert-OH is 1. The molecule has 0 aliphatic rings. The number of nitrogens with one attached hydrogen (secondary N) is 1. The SMILES string of the molecule is CCCNCc1cc(Cl)ccc1N(C)CC(O)COC. The van der Waals surface area contributed by atoms with E-state index in [1.807, 2.05) is 30.1 Å². The van der Waals surface area contributed by atoms with Crippen LogP contribution in [0.3, 0.4) is 0 Å². The Labute approximate surface area is 126 Å². The standard InChI is InChI=1S/C15H25ClN2O2/c1-4-7-17-9-12-8-13(16)5-6-15(12)18(2)10-14(19)11-20-3/h5-6,8,14,17,19H,4,7,9-11H2,1-3H3. The van der Waals surface area contributed by atoms with Crippen molar-refractivity contribution in [1.82, 2.24) is 5.32 Å². The molecule has 0 aliphatic carbocycles. The molecule has 114 valence electrons. The molecule has 1 aromatic rings. The van der Waals surface area contributed by atoms with Gasteiger partial charge in [0.05, 0.1) is 12.7 Å². The summed E-state index contributed by atoms with van der Waals surface area (Å²) in [6.45, 7) is 4.74. The first-order valence-corrected chi connectivity index (χ1v) is 7.33. The van der Waals surface area contributed by atoms with Crippen LogP contribution in [0.1, 0.15) is 18.9 Å². The molecule has 1 atom stereocenters. The summed E-state index contributed by atoms with van der Waals surface area (Å²) in [6.07, 6.45) is 0.593. The van der Waals surface area contributed by atoms with Crippen LogP contribution in [-0.4, -0.2) is 45.1 Å². The van der Waals surface area contributed by atoms with Crippen molar-refractivity contribution in [2.45, 2.75) is 26.0 Å². The summed E-state index contributed by atoms with van der Waals surface area (Å²) in [5.41, 5.74) is 2.21. The molecule has 1 aromatic carbocycles. The van der Waals surface area contributed by atoms with Gasteiger partial charge in [-0.2, -0.15) is 0 Å². The molecule has 0 amide bonds. The van der Waals surface area contributed by atoms with Crippen molar-refractivity contribution in [3.05, 3.63) is 28.8 Å². The Morgan fingerprint density at radius 2 is 2.20 bits per heavy atom. The molecule has 0 fully saturated rings. The molecular formula is C15H25ClN2O2. The summed E-state index contributed by atoms with van der Waals surface area (Å²) < 4.78 is 4.96. The Morgan fingerprint density at radius 1 is 1.45 bits per heavy atom. The lowest BCUT2D eigenvalue weighted by atomic mass is 10.1. The van der Waals surface area contributed by atoms with Crippen LogP contribution in [0, 0.1) is 0 Å². The average molecular weight is 301 g/mol. The van der Waals surface area contributed by atoms with Gasteiger partial charge in [-0.05, 0) is 36.7 Å². The fraction of sp³-hybridized carbons (Fsp3) is 0.600. The van der Waals surface area contributed by atoms with Crippen LogP contribution in [0.2, 0.25) is 5.02 Å². The molecule has 0 heterocycles. The maximum Gasteiger partial charge on any atom is 0.0947 e. The van der Waals surface area contributed by atoms with E-state index >= 15 is 0 Å². The van der Waals surface area contributed by atoms with Gasteiger partial charge >= 0.3 is 0 Å². The van der Waals surface area contributed by atoms with E-state index in [1.54, 1.807) is 7.11 Å². The summed E-state index contributed by atoms with van der Waals surface area (Å²) in [7, 11) is 3.55. The Hall–Kier alpha value is -0.810. The van der Waals surface area contributed by atoms with Gasteiger partial charge < -0.3 is 20.1 Å². The highest BCUT2D eigenvalue weighted by Crippen LogP contribution is 2.23. The fourth-order valence-corrected chi connectivity index (χ4v) is 2.32. The number of hydrogen-bond donors (Lipinski definition) is 2. The zero-order valence-corrected chi connectivity index (χ0v) is 13.3. The van der Waals surface area contributed by atoms with Crippen LogP contribution in [0.15, 0.2) is 18.2 Å². The van der Waals surface area contributed by atoms with Gasteiger partial charge in [0.15, 0.2) is 0 Å². The zero-order valence-electron chi connectivity index (χ0n) is 12.5. The maximum absolute atomic E-state index is 9.83. The van der Waals surface area contributed by atoms with E-state index in [4.69, 9.17) is 16.3 Å². The molecule has 0 aromatic heterocycles. The Balaban J connectivity index is 2.75. The predicted octanol–water partition coefficient (Wildman–Crippen LogP) is 2.28. The summed E-state index contributed by atoms with van der Waals surface area (Å²) in [5, 5.41) is 13.9. The summed E-state index contributed by atoms with van der Waals surface area (Å²) in [5.74, 6) is 0. The van der Waals surface area contributed by atoms with E-state index in [9.17, 15) is 5.11 Å². The van der Waals surface area contributed by atoms with Gasteiger partial charge in [0.25, 0.3) is 0 Å². The lowest BCUT2D eigenvalue weighted by Crippen LogP contribution is -2.32. The molecule has 0 saturated heterocycles. The number of likely N-dealkylation sites (N-methyl/N-ethyl adjacent to an activating group) is 1. The number of benzene rings is 1. The van der Waals surface area contributed by atoms with E-state index in [0.29, 0.717) is 13.2 Å². The number of aliphatic hydroxyl groups is 1. The van der Waals surface area contributed by atoms with Crippen molar-refractivity contribution in [1.29, 1.82) is 0 Å². The molecule has 5 heteroatoms. The molecule has 1 rings (SSSR count). The van der Waals surface area contributed by atoms with Gasteiger partial charge in [0.1, 0.15) is 0 Å². The minimum Gasteiger partial charge on any atom is -0.389 e. The number of nitrogens with zero attached hydrogens (tertiary/aromatic N) is 1. The van der Waals surface area contributed by atoms with Crippen molar-refractivity contribution >= 4 is 17.3 Å². The first-order chi connectivity index (χ1) is 9.58. The quantitative estimate of drug-likeness (QED) is 0.687. The van der Waals surface area contributed by atoms with Crippen LogP contribution < -0.4 is 10.2 Å².